The van der Waals surface area contributed by atoms with E-state index in [4.69, 9.17) is 11.6 Å². The summed E-state index contributed by atoms with van der Waals surface area (Å²) in [7, 11) is 0. The Morgan fingerprint density at radius 1 is 1.29 bits per heavy atom. The Morgan fingerprint density at radius 3 is 2.53 bits per heavy atom. The summed E-state index contributed by atoms with van der Waals surface area (Å²) < 4.78 is 1.38. The lowest BCUT2D eigenvalue weighted by molar-refractivity contribution is 0.104. The number of carbonyl (C=O) groups is 1. The van der Waals surface area contributed by atoms with Crippen LogP contribution in [0.1, 0.15) is 26.4 Å². The highest BCUT2D eigenvalue weighted by Gasteiger charge is 2.15. The molecule has 0 N–H and O–H groups in total. The first-order valence-electron chi connectivity index (χ1n) is 5.06. The van der Waals surface area contributed by atoms with Crippen molar-refractivity contribution in [1.82, 2.24) is 0 Å². The van der Waals surface area contributed by atoms with E-state index in [1.54, 1.807) is 6.07 Å². The van der Waals surface area contributed by atoms with Gasteiger partial charge in [-0.1, -0.05) is 35.4 Å². The van der Waals surface area contributed by atoms with Crippen LogP contribution in [0.2, 0.25) is 4.34 Å². The maximum Gasteiger partial charge on any atom is 0.203 e. The Kier molecular flexibility index (Phi) is 3.71. The third-order valence-corrected chi connectivity index (χ3v) is 4.97. The zero-order valence-corrected chi connectivity index (χ0v) is 12.5. The fourth-order valence-corrected chi connectivity index (χ4v) is 3.32. The summed E-state index contributed by atoms with van der Waals surface area (Å²) in [6.07, 6.45) is 0. The van der Waals surface area contributed by atoms with Crippen LogP contribution in [-0.4, -0.2) is 5.78 Å². The molecule has 0 atom stereocenters. The SMILES string of the molecule is Cc1ccc(C(=O)c2cc(Br)c(Cl)s2)c(C)c1. The summed E-state index contributed by atoms with van der Waals surface area (Å²) in [6.45, 7) is 3.96. The number of ketones is 1. The summed E-state index contributed by atoms with van der Waals surface area (Å²) in [5.74, 6) is 0.0279. The normalized spacial score (nSPS) is 10.6. The number of halogens is 2. The highest BCUT2D eigenvalue weighted by molar-refractivity contribution is 9.10. The summed E-state index contributed by atoms with van der Waals surface area (Å²) in [6, 6.07) is 7.60. The van der Waals surface area contributed by atoms with E-state index in [1.807, 2.05) is 32.0 Å². The Hall–Kier alpha value is -0.640. The van der Waals surface area contributed by atoms with E-state index < -0.39 is 0 Å². The summed E-state index contributed by atoms with van der Waals surface area (Å²) >= 11 is 10.6. The number of aryl methyl sites for hydroxylation is 2. The number of carbonyl (C=O) groups excluding carboxylic acids is 1. The smallest absolute Gasteiger partial charge is 0.203 e. The number of rotatable bonds is 2. The first-order chi connectivity index (χ1) is 7.99. The average Bonchev–Trinajstić information content (AvgIpc) is 2.58. The minimum atomic E-state index is 0.0279. The molecule has 4 heteroatoms. The number of benzene rings is 1. The van der Waals surface area contributed by atoms with Crippen molar-refractivity contribution in [1.29, 1.82) is 0 Å². The van der Waals surface area contributed by atoms with Crippen LogP contribution < -0.4 is 0 Å². The molecule has 1 heterocycles. The molecular weight excluding hydrogens is 320 g/mol. The molecule has 88 valence electrons. The standard InChI is InChI=1S/C13H10BrClOS/c1-7-3-4-9(8(2)5-7)12(16)11-6-10(14)13(15)17-11/h3-6H,1-2H3. The molecule has 0 saturated carbocycles. The zero-order chi connectivity index (χ0) is 12.6. The van der Waals surface area contributed by atoms with Crippen molar-refractivity contribution in [3.8, 4) is 0 Å². The van der Waals surface area contributed by atoms with Crippen LogP contribution >= 0.6 is 38.9 Å². The first-order valence-corrected chi connectivity index (χ1v) is 7.04. The van der Waals surface area contributed by atoms with Gasteiger partial charge in [-0.25, -0.2) is 0 Å². The quantitative estimate of drug-likeness (QED) is 0.708. The molecule has 17 heavy (non-hydrogen) atoms. The highest BCUT2D eigenvalue weighted by atomic mass is 79.9. The van der Waals surface area contributed by atoms with E-state index in [0.717, 1.165) is 21.2 Å². The second-order valence-electron chi connectivity index (χ2n) is 3.88. The van der Waals surface area contributed by atoms with E-state index in [1.165, 1.54) is 11.3 Å². The maximum absolute atomic E-state index is 12.3. The van der Waals surface area contributed by atoms with Crippen molar-refractivity contribution in [2.75, 3.05) is 0 Å². The Balaban J connectivity index is 2.43. The summed E-state index contributed by atoms with van der Waals surface area (Å²) in [4.78, 5) is 12.9. The van der Waals surface area contributed by atoms with Gasteiger partial charge in [-0.15, -0.1) is 11.3 Å². The fourth-order valence-electron chi connectivity index (χ4n) is 1.66. The highest BCUT2D eigenvalue weighted by Crippen LogP contribution is 2.33. The van der Waals surface area contributed by atoms with E-state index in [0.29, 0.717) is 9.21 Å². The summed E-state index contributed by atoms with van der Waals surface area (Å²) in [5, 5.41) is 0. The molecule has 1 aromatic carbocycles. The van der Waals surface area contributed by atoms with Gasteiger partial charge in [0, 0.05) is 10.0 Å². The van der Waals surface area contributed by atoms with E-state index in [-0.39, 0.29) is 5.78 Å². The van der Waals surface area contributed by atoms with Crippen LogP contribution in [0.4, 0.5) is 0 Å². The third kappa shape index (κ3) is 2.62. The second kappa shape index (κ2) is 4.92. The molecule has 0 bridgehead atoms. The predicted octanol–water partition coefficient (Wildman–Crippen LogP) is 5.01. The maximum atomic E-state index is 12.3. The van der Waals surface area contributed by atoms with Gasteiger partial charge in [-0.05, 0) is 41.4 Å². The lowest BCUT2D eigenvalue weighted by atomic mass is 10.0. The Bertz CT molecular complexity index is 570. The molecule has 0 amide bonds. The molecule has 0 aliphatic heterocycles. The van der Waals surface area contributed by atoms with Gasteiger partial charge in [-0.3, -0.25) is 4.79 Å². The molecule has 0 aliphatic rings. The minimum Gasteiger partial charge on any atom is -0.288 e. The monoisotopic (exact) mass is 328 g/mol. The van der Waals surface area contributed by atoms with Crippen molar-refractivity contribution in [2.24, 2.45) is 0 Å². The van der Waals surface area contributed by atoms with Crippen LogP contribution in [0.15, 0.2) is 28.7 Å². The van der Waals surface area contributed by atoms with Crippen LogP contribution in [0, 0.1) is 13.8 Å². The minimum absolute atomic E-state index is 0.0279. The molecule has 0 fully saturated rings. The van der Waals surface area contributed by atoms with Gasteiger partial charge < -0.3 is 0 Å². The van der Waals surface area contributed by atoms with Crippen LogP contribution in [0.25, 0.3) is 0 Å². The first kappa shape index (κ1) is 12.8. The van der Waals surface area contributed by atoms with Crippen LogP contribution in [0.3, 0.4) is 0 Å². The topological polar surface area (TPSA) is 17.1 Å². The Labute approximate surface area is 118 Å². The van der Waals surface area contributed by atoms with Gasteiger partial charge in [0.15, 0.2) is 0 Å². The van der Waals surface area contributed by atoms with Gasteiger partial charge in [0.1, 0.15) is 4.34 Å². The van der Waals surface area contributed by atoms with Crippen molar-refractivity contribution in [2.45, 2.75) is 13.8 Å². The molecule has 2 aromatic rings. The molecular formula is C13H10BrClOS. The molecule has 1 aromatic heterocycles. The van der Waals surface area contributed by atoms with Crippen molar-refractivity contribution >= 4 is 44.7 Å². The number of hydrogen-bond acceptors (Lipinski definition) is 2. The number of thiophene rings is 1. The van der Waals surface area contributed by atoms with E-state index >= 15 is 0 Å². The van der Waals surface area contributed by atoms with Gasteiger partial charge in [-0.2, -0.15) is 0 Å². The van der Waals surface area contributed by atoms with Crippen LogP contribution in [0.5, 0.6) is 0 Å². The fraction of sp³-hybridized carbons (Fsp3) is 0.154. The third-order valence-electron chi connectivity index (χ3n) is 2.50. The molecule has 0 aliphatic carbocycles. The largest absolute Gasteiger partial charge is 0.288 e. The predicted molar refractivity (Wildman–Crippen MR) is 76.4 cm³/mol. The molecule has 1 nitrogen and oxygen atoms in total. The molecule has 0 saturated heterocycles. The number of hydrogen-bond donors (Lipinski definition) is 0. The molecule has 2 rings (SSSR count). The zero-order valence-electron chi connectivity index (χ0n) is 9.38. The molecule has 0 unspecified atom stereocenters. The van der Waals surface area contributed by atoms with Gasteiger partial charge in [0.05, 0.1) is 4.88 Å². The lowest BCUT2D eigenvalue weighted by Crippen LogP contribution is -2.01. The molecule has 0 spiro atoms. The van der Waals surface area contributed by atoms with E-state index in [2.05, 4.69) is 15.9 Å². The Morgan fingerprint density at radius 2 is 2.00 bits per heavy atom. The summed E-state index contributed by atoms with van der Waals surface area (Å²) in [5.41, 5.74) is 2.89. The second-order valence-corrected chi connectivity index (χ2v) is 6.39. The van der Waals surface area contributed by atoms with Gasteiger partial charge in [0.2, 0.25) is 5.78 Å². The van der Waals surface area contributed by atoms with Crippen molar-refractivity contribution < 1.29 is 4.79 Å². The van der Waals surface area contributed by atoms with Gasteiger partial charge in [0.25, 0.3) is 0 Å². The lowest BCUT2D eigenvalue weighted by Gasteiger charge is -2.04. The van der Waals surface area contributed by atoms with Crippen molar-refractivity contribution in [3.05, 3.63) is 54.6 Å². The molecule has 0 radical (unpaired) electrons. The van der Waals surface area contributed by atoms with Crippen LogP contribution in [-0.2, 0) is 0 Å². The van der Waals surface area contributed by atoms with E-state index in [9.17, 15) is 4.79 Å². The van der Waals surface area contributed by atoms with Gasteiger partial charge >= 0.3 is 0 Å². The van der Waals surface area contributed by atoms with Crippen molar-refractivity contribution in [3.63, 3.8) is 0 Å². The average molecular weight is 330 g/mol.